The van der Waals surface area contributed by atoms with E-state index in [4.69, 9.17) is 0 Å². The summed E-state index contributed by atoms with van der Waals surface area (Å²) in [6, 6.07) is 7.45. The average molecular weight is 246 g/mol. The van der Waals surface area contributed by atoms with Gasteiger partial charge in [-0.2, -0.15) is 0 Å². The van der Waals surface area contributed by atoms with Crippen LogP contribution in [0.3, 0.4) is 0 Å². The standard InChI is InChI=1S/C14H18N2O2/c1-10(17)15(2)12-6-8-13(9-7-12)16(3)14(18)11-4-5-11/h6-9,11H,4-5H2,1-3H3. The quantitative estimate of drug-likeness (QED) is 0.819. The first kappa shape index (κ1) is 12.6. The Bertz CT molecular complexity index is 463. The van der Waals surface area contributed by atoms with Crippen LogP contribution in [0.4, 0.5) is 11.4 Å². The van der Waals surface area contributed by atoms with Crippen molar-refractivity contribution in [2.45, 2.75) is 19.8 Å². The van der Waals surface area contributed by atoms with Crippen LogP contribution in [0.25, 0.3) is 0 Å². The molecule has 2 rings (SSSR count). The number of hydrogen-bond acceptors (Lipinski definition) is 2. The molecule has 1 aliphatic carbocycles. The largest absolute Gasteiger partial charge is 0.316 e. The van der Waals surface area contributed by atoms with Crippen LogP contribution in [-0.2, 0) is 9.59 Å². The second kappa shape index (κ2) is 4.80. The Morgan fingerprint density at radius 1 is 1.00 bits per heavy atom. The third kappa shape index (κ3) is 2.53. The van der Waals surface area contributed by atoms with Crippen molar-refractivity contribution in [1.82, 2.24) is 0 Å². The molecule has 4 nitrogen and oxygen atoms in total. The third-order valence-corrected chi connectivity index (χ3v) is 3.35. The molecule has 0 N–H and O–H groups in total. The van der Waals surface area contributed by atoms with E-state index in [1.165, 1.54) is 6.92 Å². The predicted molar refractivity (Wildman–Crippen MR) is 71.7 cm³/mol. The van der Waals surface area contributed by atoms with Crippen molar-refractivity contribution in [1.29, 1.82) is 0 Å². The molecule has 0 bridgehead atoms. The molecule has 4 heteroatoms. The van der Waals surface area contributed by atoms with Gasteiger partial charge in [-0.05, 0) is 37.1 Å². The van der Waals surface area contributed by atoms with E-state index >= 15 is 0 Å². The molecule has 1 saturated carbocycles. The molecule has 1 fully saturated rings. The molecule has 1 aromatic rings. The van der Waals surface area contributed by atoms with Crippen molar-refractivity contribution in [2.75, 3.05) is 23.9 Å². The molecule has 1 aromatic carbocycles. The van der Waals surface area contributed by atoms with Gasteiger partial charge in [0.1, 0.15) is 0 Å². The van der Waals surface area contributed by atoms with Crippen LogP contribution in [0.1, 0.15) is 19.8 Å². The van der Waals surface area contributed by atoms with Gasteiger partial charge >= 0.3 is 0 Å². The lowest BCUT2D eigenvalue weighted by Gasteiger charge is -2.19. The summed E-state index contributed by atoms with van der Waals surface area (Å²) in [5, 5.41) is 0. The Morgan fingerprint density at radius 3 is 1.83 bits per heavy atom. The van der Waals surface area contributed by atoms with E-state index < -0.39 is 0 Å². The number of carbonyl (C=O) groups excluding carboxylic acids is 2. The van der Waals surface area contributed by atoms with Gasteiger partial charge < -0.3 is 9.80 Å². The summed E-state index contributed by atoms with van der Waals surface area (Å²) in [4.78, 5) is 26.4. The highest BCUT2D eigenvalue weighted by molar-refractivity contribution is 5.96. The normalized spacial score (nSPS) is 14.2. The Labute approximate surface area is 107 Å². The number of anilines is 2. The molecular formula is C14H18N2O2. The molecule has 0 saturated heterocycles. The summed E-state index contributed by atoms with van der Waals surface area (Å²) in [5.74, 6) is 0.391. The van der Waals surface area contributed by atoms with Crippen molar-refractivity contribution in [3.63, 3.8) is 0 Å². The first-order chi connectivity index (χ1) is 8.50. The van der Waals surface area contributed by atoms with Crippen molar-refractivity contribution in [3.8, 4) is 0 Å². The van der Waals surface area contributed by atoms with Crippen LogP contribution in [0.15, 0.2) is 24.3 Å². The minimum Gasteiger partial charge on any atom is -0.316 e. The zero-order chi connectivity index (χ0) is 13.3. The fraction of sp³-hybridized carbons (Fsp3) is 0.429. The van der Waals surface area contributed by atoms with Gasteiger partial charge in [-0.3, -0.25) is 9.59 Å². The van der Waals surface area contributed by atoms with E-state index in [0.717, 1.165) is 24.2 Å². The van der Waals surface area contributed by atoms with Gasteiger partial charge in [0.05, 0.1) is 0 Å². The Morgan fingerprint density at radius 2 is 1.44 bits per heavy atom. The zero-order valence-electron chi connectivity index (χ0n) is 11.0. The van der Waals surface area contributed by atoms with Gasteiger partial charge in [0.25, 0.3) is 0 Å². The van der Waals surface area contributed by atoms with Gasteiger partial charge in [0.2, 0.25) is 11.8 Å². The maximum atomic E-state index is 11.9. The second-order valence-corrected chi connectivity index (χ2v) is 4.77. The number of hydrogen-bond donors (Lipinski definition) is 0. The average Bonchev–Trinajstić information content (AvgIpc) is 3.20. The molecule has 0 unspecified atom stereocenters. The van der Waals surface area contributed by atoms with Gasteiger partial charge in [-0.1, -0.05) is 0 Å². The van der Waals surface area contributed by atoms with E-state index in [0.29, 0.717) is 0 Å². The second-order valence-electron chi connectivity index (χ2n) is 4.77. The van der Waals surface area contributed by atoms with Gasteiger partial charge in [0.15, 0.2) is 0 Å². The molecule has 0 atom stereocenters. The SMILES string of the molecule is CC(=O)N(C)c1ccc(N(C)C(=O)C2CC2)cc1. The van der Waals surface area contributed by atoms with Crippen LogP contribution >= 0.6 is 0 Å². The van der Waals surface area contributed by atoms with Gasteiger partial charge in [-0.15, -0.1) is 0 Å². The van der Waals surface area contributed by atoms with E-state index in [2.05, 4.69) is 0 Å². The van der Waals surface area contributed by atoms with E-state index in [9.17, 15) is 9.59 Å². The Hall–Kier alpha value is -1.84. The fourth-order valence-electron chi connectivity index (χ4n) is 1.81. The Kier molecular flexibility index (Phi) is 3.36. The van der Waals surface area contributed by atoms with Gasteiger partial charge in [-0.25, -0.2) is 0 Å². The smallest absolute Gasteiger partial charge is 0.229 e. The zero-order valence-corrected chi connectivity index (χ0v) is 11.0. The predicted octanol–water partition coefficient (Wildman–Crippen LogP) is 2.04. The van der Waals surface area contributed by atoms with Crippen LogP contribution in [0.2, 0.25) is 0 Å². The highest BCUT2D eigenvalue weighted by atomic mass is 16.2. The molecule has 18 heavy (non-hydrogen) atoms. The van der Waals surface area contributed by atoms with Crippen LogP contribution in [-0.4, -0.2) is 25.9 Å². The summed E-state index contributed by atoms with van der Waals surface area (Å²) >= 11 is 0. The summed E-state index contributed by atoms with van der Waals surface area (Å²) in [5.41, 5.74) is 1.70. The highest BCUT2D eigenvalue weighted by Crippen LogP contribution is 2.32. The summed E-state index contributed by atoms with van der Waals surface area (Å²) in [7, 11) is 3.53. The lowest BCUT2D eigenvalue weighted by molar-refractivity contribution is -0.119. The number of amides is 2. The maximum absolute atomic E-state index is 11.9. The highest BCUT2D eigenvalue weighted by Gasteiger charge is 2.32. The summed E-state index contributed by atoms with van der Waals surface area (Å²) in [6.45, 7) is 1.52. The van der Waals surface area contributed by atoms with Crippen molar-refractivity contribution in [2.24, 2.45) is 5.92 Å². The summed E-state index contributed by atoms with van der Waals surface area (Å²) < 4.78 is 0. The molecular weight excluding hydrogens is 228 g/mol. The minimum absolute atomic E-state index is 0.00911. The third-order valence-electron chi connectivity index (χ3n) is 3.35. The van der Waals surface area contributed by atoms with E-state index in [-0.39, 0.29) is 17.7 Å². The van der Waals surface area contributed by atoms with Crippen LogP contribution < -0.4 is 9.80 Å². The Balaban J connectivity index is 2.11. The van der Waals surface area contributed by atoms with Crippen molar-refractivity contribution < 1.29 is 9.59 Å². The van der Waals surface area contributed by atoms with Gasteiger partial charge in [0, 0.05) is 38.3 Å². The van der Waals surface area contributed by atoms with Crippen LogP contribution in [0.5, 0.6) is 0 Å². The molecule has 0 aromatic heterocycles. The molecule has 0 spiro atoms. The number of rotatable bonds is 3. The van der Waals surface area contributed by atoms with E-state index in [1.807, 2.05) is 24.3 Å². The molecule has 96 valence electrons. The molecule has 2 amide bonds. The first-order valence-corrected chi connectivity index (χ1v) is 6.12. The van der Waals surface area contributed by atoms with Crippen molar-refractivity contribution >= 4 is 23.2 Å². The topological polar surface area (TPSA) is 40.6 Å². The van der Waals surface area contributed by atoms with Crippen LogP contribution in [0, 0.1) is 5.92 Å². The minimum atomic E-state index is -0.00911. The molecule has 0 heterocycles. The monoisotopic (exact) mass is 246 g/mol. The maximum Gasteiger partial charge on any atom is 0.229 e. The lowest BCUT2D eigenvalue weighted by Crippen LogP contribution is -2.27. The molecule has 0 aliphatic heterocycles. The molecule has 0 radical (unpaired) electrons. The fourth-order valence-corrected chi connectivity index (χ4v) is 1.81. The number of benzene rings is 1. The summed E-state index contributed by atoms with van der Waals surface area (Å²) in [6.07, 6.45) is 2.02. The first-order valence-electron chi connectivity index (χ1n) is 6.12. The van der Waals surface area contributed by atoms with Crippen molar-refractivity contribution in [3.05, 3.63) is 24.3 Å². The lowest BCUT2D eigenvalue weighted by atomic mass is 10.2. The molecule has 1 aliphatic rings. The number of carbonyl (C=O) groups is 2. The number of nitrogens with zero attached hydrogens (tertiary/aromatic N) is 2. The van der Waals surface area contributed by atoms with E-state index in [1.54, 1.807) is 23.9 Å².